The molecule has 0 atom stereocenters. The van der Waals surface area contributed by atoms with Crippen LogP contribution in [0.4, 0.5) is 0 Å². The summed E-state index contributed by atoms with van der Waals surface area (Å²) >= 11 is 3.45. The van der Waals surface area contributed by atoms with Crippen molar-refractivity contribution in [3.8, 4) is 0 Å². The van der Waals surface area contributed by atoms with Crippen LogP contribution in [0.5, 0.6) is 0 Å². The molecule has 0 N–H and O–H groups in total. The Morgan fingerprint density at radius 3 is 2.92 bits per heavy atom. The lowest BCUT2D eigenvalue weighted by Crippen LogP contribution is -1.92. The second kappa shape index (κ2) is 3.14. The van der Waals surface area contributed by atoms with Crippen molar-refractivity contribution in [2.24, 2.45) is 0 Å². The van der Waals surface area contributed by atoms with Gasteiger partial charge in [0.05, 0.1) is 5.52 Å². The molecule has 0 radical (unpaired) electrons. The maximum absolute atomic E-state index is 4.43. The average molecular weight is 239 g/mol. The number of halogens is 1. The van der Waals surface area contributed by atoms with E-state index in [9.17, 15) is 0 Å². The molecule has 0 fully saturated rings. The minimum absolute atomic E-state index is 0.935. The average Bonchev–Trinajstić information content (AvgIpc) is 2.42. The molecule has 2 nitrogen and oxygen atoms in total. The number of hydrogen-bond acceptors (Lipinski definition) is 1. The van der Waals surface area contributed by atoms with Gasteiger partial charge in [-0.25, -0.2) is 4.98 Å². The monoisotopic (exact) mass is 238 g/mol. The molecule has 13 heavy (non-hydrogen) atoms. The summed E-state index contributed by atoms with van der Waals surface area (Å²) in [5.41, 5.74) is 2.40. The lowest BCUT2D eigenvalue weighted by atomic mass is 10.3. The summed E-state index contributed by atoms with van der Waals surface area (Å²) in [6, 6.07) is 4.19. The Balaban J connectivity index is 2.81. The van der Waals surface area contributed by atoms with Gasteiger partial charge in [0.2, 0.25) is 0 Å². The van der Waals surface area contributed by atoms with Crippen molar-refractivity contribution in [1.82, 2.24) is 9.38 Å². The zero-order chi connectivity index (χ0) is 9.42. The predicted octanol–water partition coefficient (Wildman–Crippen LogP) is 2.97. The maximum Gasteiger partial charge on any atom is 0.132 e. The predicted molar refractivity (Wildman–Crippen MR) is 57.0 cm³/mol. The molecule has 2 aromatic rings. The van der Waals surface area contributed by atoms with Crippen LogP contribution in [-0.4, -0.2) is 9.38 Å². The first kappa shape index (κ1) is 8.75. The molecule has 0 aliphatic rings. The number of aromatic nitrogens is 2. The summed E-state index contributed by atoms with van der Waals surface area (Å²) in [5, 5.41) is 0. The number of fused-ring (bicyclic) bond motifs is 1. The smallest absolute Gasteiger partial charge is 0.132 e. The molecule has 0 aromatic carbocycles. The van der Waals surface area contributed by atoms with E-state index in [0.717, 1.165) is 22.4 Å². The van der Waals surface area contributed by atoms with Gasteiger partial charge >= 0.3 is 0 Å². The second-order valence-electron chi connectivity index (χ2n) is 3.13. The number of nitrogens with zero attached hydrogens (tertiary/aromatic N) is 2. The molecule has 0 saturated heterocycles. The number of hydrogen-bond donors (Lipinski definition) is 0. The molecule has 3 heteroatoms. The van der Waals surface area contributed by atoms with Crippen molar-refractivity contribution < 1.29 is 0 Å². The third-order valence-electron chi connectivity index (χ3n) is 2.13. The molecule has 0 unspecified atom stereocenters. The summed E-state index contributed by atoms with van der Waals surface area (Å²) < 4.78 is 3.07. The molecular weight excluding hydrogens is 228 g/mol. The molecule has 2 aromatic heterocycles. The maximum atomic E-state index is 4.43. The van der Waals surface area contributed by atoms with Crippen LogP contribution in [0, 0.1) is 6.92 Å². The summed E-state index contributed by atoms with van der Waals surface area (Å²) in [7, 11) is 0. The molecule has 0 aliphatic carbocycles. The fourth-order valence-electron chi connectivity index (χ4n) is 1.46. The molecule has 0 spiro atoms. The van der Waals surface area contributed by atoms with Crippen LogP contribution >= 0.6 is 15.9 Å². The first-order valence-corrected chi connectivity index (χ1v) is 5.14. The van der Waals surface area contributed by atoms with E-state index in [4.69, 9.17) is 0 Å². The summed E-state index contributed by atoms with van der Waals surface area (Å²) in [6.45, 7) is 4.20. The van der Waals surface area contributed by atoms with Crippen LogP contribution in [0.3, 0.4) is 0 Å². The minimum Gasteiger partial charge on any atom is -0.302 e. The van der Waals surface area contributed by atoms with Crippen molar-refractivity contribution in [1.29, 1.82) is 0 Å². The third-order valence-corrected chi connectivity index (χ3v) is 2.71. The van der Waals surface area contributed by atoms with E-state index in [-0.39, 0.29) is 0 Å². The molecule has 0 amide bonds. The zero-order valence-corrected chi connectivity index (χ0v) is 9.30. The van der Waals surface area contributed by atoms with Gasteiger partial charge in [0, 0.05) is 12.6 Å². The van der Waals surface area contributed by atoms with Crippen molar-refractivity contribution in [2.45, 2.75) is 20.3 Å². The van der Waals surface area contributed by atoms with E-state index < -0.39 is 0 Å². The van der Waals surface area contributed by atoms with E-state index in [2.05, 4.69) is 57.5 Å². The zero-order valence-electron chi connectivity index (χ0n) is 7.71. The molecule has 0 saturated carbocycles. The van der Waals surface area contributed by atoms with Crippen molar-refractivity contribution in [2.75, 3.05) is 0 Å². The molecule has 2 heterocycles. The van der Waals surface area contributed by atoms with Crippen molar-refractivity contribution >= 4 is 21.4 Å². The number of aryl methyl sites for hydroxylation is 2. The highest BCUT2D eigenvalue weighted by molar-refractivity contribution is 9.10. The number of imidazole rings is 1. The van der Waals surface area contributed by atoms with E-state index in [1.165, 1.54) is 5.56 Å². The van der Waals surface area contributed by atoms with Gasteiger partial charge in [-0.05, 0) is 34.5 Å². The summed E-state index contributed by atoms with van der Waals surface area (Å²) in [5.74, 6) is 1.10. The highest BCUT2D eigenvalue weighted by Crippen LogP contribution is 2.19. The van der Waals surface area contributed by atoms with Crippen molar-refractivity contribution in [3.63, 3.8) is 0 Å². The molecule has 2 rings (SSSR count). The van der Waals surface area contributed by atoms with E-state index in [0.29, 0.717) is 0 Å². The van der Waals surface area contributed by atoms with Gasteiger partial charge in [0.15, 0.2) is 0 Å². The van der Waals surface area contributed by atoms with Crippen molar-refractivity contribution in [3.05, 3.63) is 34.3 Å². The van der Waals surface area contributed by atoms with Gasteiger partial charge in [0.1, 0.15) is 10.4 Å². The lowest BCUT2D eigenvalue weighted by Gasteiger charge is -1.98. The number of pyridine rings is 1. The summed E-state index contributed by atoms with van der Waals surface area (Å²) in [6.07, 6.45) is 3.07. The first-order chi connectivity index (χ1) is 6.22. The fourth-order valence-corrected chi connectivity index (χ4v) is 1.99. The van der Waals surface area contributed by atoms with Crippen LogP contribution in [0.25, 0.3) is 5.52 Å². The van der Waals surface area contributed by atoms with Gasteiger partial charge < -0.3 is 4.40 Å². The van der Waals surface area contributed by atoms with Gasteiger partial charge in [-0.15, -0.1) is 0 Å². The third kappa shape index (κ3) is 1.37. The molecule has 68 valence electrons. The second-order valence-corrected chi connectivity index (χ2v) is 3.89. The quantitative estimate of drug-likeness (QED) is 0.747. The molecule has 0 aliphatic heterocycles. The van der Waals surface area contributed by atoms with E-state index in [1.807, 2.05) is 0 Å². The Morgan fingerprint density at radius 2 is 2.23 bits per heavy atom. The Bertz CT molecular complexity index is 445. The summed E-state index contributed by atoms with van der Waals surface area (Å²) in [4.78, 5) is 4.43. The highest BCUT2D eigenvalue weighted by atomic mass is 79.9. The Morgan fingerprint density at radius 1 is 1.46 bits per heavy atom. The first-order valence-electron chi connectivity index (χ1n) is 4.35. The van der Waals surface area contributed by atoms with Crippen LogP contribution in [0.2, 0.25) is 0 Å². The van der Waals surface area contributed by atoms with Crippen LogP contribution in [-0.2, 0) is 6.42 Å². The van der Waals surface area contributed by atoms with Crippen LogP contribution in [0.15, 0.2) is 22.9 Å². The van der Waals surface area contributed by atoms with Crippen LogP contribution < -0.4 is 0 Å². The lowest BCUT2D eigenvalue weighted by molar-refractivity contribution is 0.927. The fraction of sp³-hybridized carbons (Fsp3) is 0.300. The SMILES string of the molecule is CCc1nc(Br)c2ccc(C)cn12. The van der Waals surface area contributed by atoms with E-state index in [1.54, 1.807) is 0 Å². The van der Waals surface area contributed by atoms with Gasteiger partial charge in [-0.2, -0.15) is 0 Å². The largest absolute Gasteiger partial charge is 0.302 e. The Kier molecular flexibility index (Phi) is 2.12. The molecular formula is C10H11BrN2. The Labute approximate surface area is 85.7 Å². The van der Waals surface area contributed by atoms with Crippen LogP contribution in [0.1, 0.15) is 18.3 Å². The minimum atomic E-state index is 0.935. The van der Waals surface area contributed by atoms with E-state index >= 15 is 0 Å². The normalized spacial score (nSPS) is 11.0. The topological polar surface area (TPSA) is 17.3 Å². The molecule has 0 bridgehead atoms. The van der Waals surface area contributed by atoms with Gasteiger partial charge in [-0.3, -0.25) is 0 Å². The Hall–Kier alpha value is -0.830. The van der Waals surface area contributed by atoms with Gasteiger partial charge in [0.25, 0.3) is 0 Å². The standard InChI is InChI=1S/C10H11BrN2/c1-3-9-12-10(11)8-5-4-7(2)6-13(8)9/h4-6H,3H2,1-2H3. The highest BCUT2D eigenvalue weighted by Gasteiger charge is 2.06. The van der Waals surface area contributed by atoms with Gasteiger partial charge in [-0.1, -0.05) is 13.0 Å². The number of rotatable bonds is 1.